The molecule has 7 heavy (non-hydrogen) atoms. The summed E-state index contributed by atoms with van der Waals surface area (Å²) in [4.78, 5) is 29.3. The third-order valence-electron chi connectivity index (χ3n) is 0. The molecule has 0 unspecified atom stereocenters. The minimum absolute atomic E-state index is 0. The van der Waals surface area contributed by atoms with Crippen LogP contribution in [0.2, 0.25) is 0 Å². The summed E-state index contributed by atoms with van der Waals surface area (Å²) in [7, 11) is -4.61. The monoisotopic (exact) mass is 277 g/mol. The van der Waals surface area contributed by atoms with E-state index in [-0.39, 0.29) is 73.3 Å². The molecule has 4 nitrogen and oxygen atoms in total. The molecule has 0 aliphatic rings. The first-order chi connectivity index (χ1) is 2.00. The van der Waals surface area contributed by atoms with Crippen LogP contribution < -0.4 is 0 Å². The number of hydrogen-bond donors (Lipinski definition) is 4. The van der Waals surface area contributed by atoms with Gasteiger partial charge in [-0.2, -0.15) is 0 Å². The summed E-state index contributed by atoms with van der Waals surface area (Å²) >= 11 is 0. The van der Waals surface area contributed by atoms with Gasteiger partial charge in [-0.25, -0.2) is 0 Å². The van der Waals surface area contributed by atoms with Crippen LogP contribution in [0.15, 0.2) is 0 Å². The average Bonchev–Trinajstić information content (AvgIpc) is 0.722. The molecule has 0 heterocycles. The normalized spacial score (nSPS) is 8.57. The molecule has 0 aliphatic carbocycles. The van der Waals surface area contributed by atoms with Crippen molar-refractivity contribution in [1.82, 2.24) is 0 Å². The summed E-state index contributed by atoms with van der Waals surface area (Å²) in [5, 5.41) is 0. The Morgan fingerprint density at radius 2 is 0.857 bits per heavy atom. The van der Waals surface area contributed by atoms with Crippen molar-refractivity contribution < 1.29 is 54.8 Å². The second kappa shape index (κ2) is 6.63. The third kappa shape index (κ3) is 57.2. The van der Waals surface area contributed by atoms with E-state index in [1.807, 2.05) is 0 Å². The van der Waals surface area contributed by atoms with E-state index in [9.17, 15) is 0 Å². The standard InChI is InChI=1S/Ca.La.H4O4Si.2H/c;;1-5(2,3)4;;/h;;1-4H;;. The van der Waals surface area contributed by atoms with Crippen molar-refractivity contribution in [3.63, 3.8) is 0 Å². The maximum atomic E-state index is 7.33. The molecule has 1 radical (unpaired) electrons. The van der Waals surface area contributed by atoms with Gasteiger partial charge in [0.2, 0.25) is 0 Å². The van der Waals surface area contributed by atoms with Gasteiger partial charge in [0.1, 0.15) is 0 Å². The van der Waals surface area contributed by atoms with E-state index in [1.54, 1.807) is 0 Å². The van der Waals surface area contributed by atoms with E-state index < -0.39 is 9.05 Å². The largest absolute Gasteiger partial charge is 0 e. The molecule has 0 saturated carbocycles. The van der Waals surface area contributed by atoms with Gasteiger partial charge in [0.25, 0.3) is 0 Å². The molecule has 0 fully saturated rings. The molecule has 0 bridgehead atoms. The zero-order chi connectivity index (χ0) is 4.50. The minimum Gasteiger partial charge on any atom is 0 e. The summed E-state index contributed by atoms with van der Waals surface area (Å²) in [6.07, 6.45) is 0. The van der Waals surface area contributed by atoms with Crippen LogP contribution in [0.5, 0.6) is 0 Å². The van der Waals surface area contributed by atoms with Crippen molar-refractivity contribution in [2.45, 2.75) is 0 Å². The smallest absolute Gasteiger partial charge is 0 e. The summed E-state index contributed by atoms with van der Waals surface area (Å²) in [6, 6.07) is 0. The molecule has 0 aliphatic heterocycles. The number of rotatable bonds is 0. The average molecular weight is 277 g/mol. The van der Waals surface area contributed by atoms with Crippen molar-refractivity contribution in [2.24, 2.45) is 0 Å². The summed E-state index contributed by atoms with van der Waals surface area (Å²) < 4.78 is 0. The van der Waals surface area contributed by atoms with Crippen LogP contribution in [0.1, 0.15) is 0 Å². The van der Waals surface area contributed by atoms with Gasteiger partial charge < -0.3 is 19.2 Å². The molecule has 0 amide bonds. The SMILES string of the molecule is O[Si](O)(O)O.[CaH2].[La]. The Kier molecular flexibility index (Phi) is 15.4. The zero-order valence-electron chi connectivity index (χ0n) is 2.87. The predicted octanol–water partition coefficient (Wildman–Crippen LogP) is -3.52. The topological polar surface area (TPSA) is 80.9 Å². The van der Waals surface area contributed by atoms with Gasteiger partial charge in [0.05, 0.1) is 0 Å². The van der Waals surface area contributed by atoms with Crippen molar-refractivity contribution in [1.29, 1.82) is 0 Å². The van der Waals surface area contributed by atoms with Crippen molar-refractivity contribution >= 4 is 46.8 Å². The van der Waals surface area contributed by atoms with Gasteiger partial charge in [-0.05, 0) is 0 Å². The van der Waals surface area contributed by atoms with E-state index in [4.69, 9.17) is 19.2 Å². The first-order valence-electron chi connectivity index (χ1n) is 0.894. The first kappa shape index (κ1) is 16.3. The van der Waals surface area contributed by atoms with E-state index in [2.05, 4.69) is 0 Å². The molecule has 0 aromatic carbocycles. The van der Waals surface area contributed by atoms with Crippen LogP contribution in [0.3, 0.4) is 0 Å². The molecule has 7 heteroatoms. The van der Waals surface area contributed by atoms with Gasteiger partial charge in [0.15, 0.2) is 0 Å². The second-order valence-electron chi connectivity index (χ2n) is 0.600. The van der Waals surface area contributed by atoms with Crippen LogP contribution in [0, 0.1) is 35.6 Å². The van der Waals surface area contributed by atoms with Crippen LogP contribution in [-0.2, 0) is 0 Å². The molecule has 0 saturated heterocycles. The van der Waals surface area contributed by atoms with E-state index >= 15 is 0 Å². The fourth-order valence-corrected chi connectivity index (χ4v) is 0. The molecule has 4 N–H and O–H groups in total. The second-order valence-corrected chi connectivity index (χ2v) is 1.80. The molecule has 0 rings (SSSR count). The Bertz CT molecular complexity index is 27.2. The summed E-state index contributed by atoms with van der Waals surface area (Å²) in [5.41, 5.74) is 0. The fraction of sp³-hybridized carbons (Fsp3) is 0. The number of hydrogen-bond acceptors (Lipinski definition) is 4. The van der Waals surface area contributed by atoms with Gasteiger partial charge in [0, 0.05) is 35.6 Å². The molecule has 0 spiro atoms. The summed E-state index contributed by atoms with van der Waals surface area (Å²) in [6.45, 7) is 0. The van der Waals surface area contributed by atoms with E-state index in [0.29, 0.717) is 0 Å². The van der Waals surface area contributed by atoms with Gasteiger partial charge >= 0.3 is 46.8 Å². The maximum Gasteiger partial charge on any atom is 0 e. The quantitative estimate of drug-likeness (QED) is 0.346. The van der Waals surface area contributed by atoms with Crippen LogP contribution >= 0.6 is 0 Å². The molecule has 0 aromatic heterocycles. The zero-order valence-corrected chi connectivity index (χ0v) is 7.49. The predicted molar refractivity (Wildman–Crippen MR) is 23.2 cm³/mol. The Labute approximate surface area is 99.6 Å². The van der Waals surface area contributed by atoms with Crippen LogP contribution in [0.25, 0.3) is 0 Å². The van der Waals surface area contributed by atoms with Crippen LogP contribution in [0.4, 0.5) is 0 Å². The van der Waals surface area contributed by atoms with Crippen molar-refractivity contribution in [3.8, 4) is 0 Å². The molecule has 0 atom stereocenters. The maximum absolute atomic E-state index is 7.33. The Morgan fingerprint density at radius 1 is 0.857 bits per heavy atom. The molecule has 0 aromatic rings. The Morgan fingerprint density at radius 3 is 0.857 bits per heavy atom. The third-order valence-corrected chi connectivity index (χ3v) is 0. The van der Waals surface area contributed by atoms with Gasteiger partial charge in [-0.3, -0.25) is 0 Å². The van der Waals surface area contributed by atoms with Gasteiger partial charge in [-0.15, -0.1) is 0 Å². The Balaban J connectivity index is -0.0000000800. The minimum atomic E-state index is -4.61. The fourth-order valence-electron chi connectivity index (χ4n) is 0. The van der Waals surface area contributed by atoms with E-state index in [0.717, 1.165) is 0 Å². The van der Waals surface area contributed by atoms with Crippen molar-refractivity contribution in [3.05, 3.63) is 0 Å². The molecular weight excluding hydrogens is 271 g/mol. The molecule has 39 valence electrons. The molecular formula is H6CaLaO4Si. The van der Waals surface area contributed by atoms with Gasteiger partial charge in [-0.1, -0.05) is 0 Å². The van der Waals surface area contributed by atoms with Crippen LogP contribution in [-0.4, -0.2) is 66.0 Å². The van der Waals surface area contributed by atoms with E-state index in [1.165, 1.54) is 0 Å². The Hall–Kier alpha value is 2.51. The first-order valence-corrected chi connectivity index (χ1v) is 2.68. The van der Waals surface area contributed by atoms with Crippen molar-refractivity contribution in [2.75, 3.05) is 0 Å². The summed E-state index contributed by atoms with van der Waals surface area (Å²) in [5.74, 6) is 0.